The number of nitrogen functional groups attached to an aromatic ring is 1. The highest BCUT2D eigenvalue weighted by Gasteiger charge is 2.57. The number of hydrogen-bond acceptors (Lipinski definition) is 10. The third-order valence-corrected chi connectivity index (χ3v) is 9.72. The Bertz CT molecular complexity index is 1560. The molecule has 1 aliphatic heterocycles. The number of aliphatic hydroxyl groups is 1. The Morgan fingerprint density at radius 1 is 1.32 bits per heavy atom. The van der Waals surface area contributed by atoms with Crippen molar-refractivity contribution in [2.24, 2.45) is 5.92 Å². The first kappa shape index (κ1) is 31.0. The van der Waals surface area contributed by atoms with Crippen LogP contribution in [-0.2, 0) is 29.8 Å². The lowest BCUT2D eigenvalue weighted by Crippen LogP contribution is -2.37. The Labute approximate surface area is 243 Å². The van der Waals surface area contributed by atoms with Crippen molar-refractivity contribution >= 4 is 46.6 Å². The summed E-state index contributed by atoms with van der Waals surface area (Å²) in [7, 11) is -4.09. The maximum atomic E-state index is 15.9. The van der Waals surface area contributed by atoms with E-state index in [-0.39, 0.29) is 47.1 Å². The number of nitrogens with one attached hydrogen (secondary N) is 1. The fraction of sp³-hybridized carbons (Fsp3) is 0.462. The van der Waals surface area contributed by atoms with Crippen molar-refractivity contribution in [1.29, 1.82) is 0 Å². The Balaban J connectivity index is 1.58. The monoisotopic (exact) mass is 656 g/mol. The summed E-state index contributed by atoms with van der Waals surface area (Å²) in [6, 6.07) is 9.51. The van der Waals surface area contributed by atoms with Gasteiger partial charge in [-0.1, -0.05) is 25.1 Å². The lowest BCUT2D eigenvalue weighted by atomic mass is 10.1. The van der Waals surface area contributed by atoms with Crippen LogP contribution in [-0.4, -0.2) is 60.8 Å². The maximum absolute atomic E-state index is 15.9. The van der Waals surface area contributed by atoms with E-state index in [2.05, 4.69) is 26.0 Å². The highest BCUT2D eigenvalue weighted by Crippen LogP contribution is 2.53. The number of fused-ring (bicyclic) bond motifs is 1. The van der Waals surface area contributed by atoms with Gasteiger partial charge in [-0.2, -0.15) is 0 Å². The number of rotatable bonds is 12. The molecular formula is C26H31BrFN4O8P. The van der Waals surface area contributed by atoms with E-state index in [0.717, 1.165) is 4.52 Å². The second-order valence-corrected chi connectivity index (χ2v) is 13.3. The number of aromatic amines is 1. The summed E-state index contributed by atoms with van der Waals surface area (Å²) in [5, 5.41) is 14.8. The second kappa shape index (κ2) is 12.1. The van der Waals surface area contributed by atoms with Crippen molar-refractivity contribution in [3.05, 3.63) is 58.0 Å². The van der Waals surface area contributed by atoms with Crippen molar-refractivity contribution in [3.63, 3.8) is 0 Å². The number of carbonyl (C=O) groups excluding carboxylic acids is 2. The van der Waals surface area contributed by atoms with Crippen LogP contribution in [0.2, 0.25) is 0 Å². The molecule has 0 radical (unpaired) electrons. The van der Waals surface area contributed by atoms with E-state index >= 15 is 4.39 Å². The van der Waals surface area contributed by atoms with E-state index in [4.69, 9.17) is 19.5 Å². The first-order chi connectivity index (χ1) is 19.2. The molecule has 2 unspecified atom stereocenters. The lowest BCUT2D eigenvalue weighted by molar-refractivity contribution is -0.120. The molecule has 3 heterocycles. The molecule has 15 heteroatoms. The van der Waals surface area contributed by atoms with Crippen LogP contribution in [0.1, 0.15) is 44.6 Å². The number of anilines is 1. The first-order valence-corrected chi connectivity index (χ1v) is 15.3. The van der Waals surface area contributed by atoms with Gasteiger partial charge in [0.15, 0.2) is 0 Å². The molecule has 0 aliphatic carbocycles. The number of ether oxygens (including phenoxy) is 1. The fourth-order valence-electron chi connectivity index (χ4n) is 4.41. The number of nitrogens with two attached hydrogens (primary N) is 1. The van der Waals surface area contributed by atoms with Gasteiger partial charge in [0.05, 0.1) is 18.5 Å². The maximum Gasteiger partial charge on any atom is 0.380 e. The number of Topliss-reactive ketones (excluding diaryl/α,β-unsaturated/α-hetero) is 2. The van der Waals surface area contributed by atoms with Gasteiger partial charge < -0.3 is 24.9 Å². The van der Waals surface area contributed by atoms with Crippen LogP contribution in [0.4, 0.5) is 10.3 Å². The fourth-order valence-corrected chi connectivity index (χ4v) is 7.06. The van der Waals surface area contributed by atoms with Gasteiger partial charge in [0.2, 0.25) is 10.5 Å². The summed E-state index contributed by atoms with van der Waals surface area (Å²) in [5.74, 6) is -0.976. The minimum Gasteiger partial charge on any atom is -0.424 e. The number of aryl methyl sites for hydroxylation is 1. The molecule has 3 aromatic rings. The van der Waals surface area contributed by atoms with Gasteiger partial charge in [0.25, 0.3) is 5.56 Å². The molecule has 0 bridgehead atoms. The lowest BCUT2D eigenvalue weighted by Gasteiger charge is -2.25. The minimum atomic E-state index is -4.09. The normalized spacial score (nSPS) is 24.7. The zero-order valence-corrected chi connectivity index (χ0v) is 25.1. The van der Waals surface area contributed by atoms with E-state index in [1.165, 1.54) is 26.0 Å². The van der Waals surface area contributed by atoms with Gasteiger partial charge >= 0.3 is 7.60 Å². The number of nitrogens with zero attached hydrogens (tertiary/aromatic N) is 2. The van der Waals surface area contributed by atoms with Crippen LogP contribution in [0.5, 0.6) is 5.75 Å². The number of H-pyrrole nitrogens is 1. The molecule has 1 fully saturated rings. The van der Waals surface area contributed by atoms with E-state index in [0.29, 0.717) is 12.0 Å². The van der Waals surface area contributed by atoms with Crippen molar-refractivity contribution in [1.82, 2.24) is 14.6 Å². The molecular weight excluding hydrogens is 626 g/mol. The van der Waals surface area contributed by atoms with Crippen LogP contribution in [0.3, 0.4) is 0 Å². The molecule has 0 saturated carbocycles. The number of aliphatic hydroxyl groups excluding tert-OH is 1. The first-order valence-electron chi connectivity index (χ1n) is 12.8. The van der Waals surface area contributed by atoms with Crippen LogP contribution >= 0.6 is 23.5 Å². The van der Waals surface area contributed by atoms with E-state index in [1.807, 2.05) is 0 Å². The third kappa shape index (κ3) is 6.78. The molecule has 12 nitrogen and oxygen atoms in total. The van der Waals surface area contributed by atoms with Crippen LogP contribution in [0, 0.1) is 5.92 Å². The molecule has 41 heavy (non-hydrogen) atoms. The number of alkyl halides is 2. The summed E-state index contributed by atoms with van der Waals surface area (Å²) < 4.78 is 45.8. The summed E-state index contributed by atoms with van der Waals surface area (Å²) in [6.07, 6.45) is -4.33. The minimum absolute atomic E-state index is 0.0332. The summed E-state index contributed by atoms with van der Waals surface area (Å²) >= 11 is 2.90. The van der Waals surface area contributed by atoms with Crippen LogP contribution in [0.25, 0.3) is 5.52 Å². The highest BCUT2D eigenvalue weighted by molar-refractivity contribution is 9.10. The molecule has 0 spiro atoms. The van der Waals surface area contributed by atoms with E-state index < -0.39 is 48.6 Å². The van der Waals surface area contributed by atoms with Crippen LogP contribution in [0.15, 0.2) is 41.2 Å². The predicted octanol–water partition coefficient (Wildman–Crippen LogP) is 3.50. The highest BCUT2D eigenvalue weighted by atomic mass is 79.9. The summed E-state index contributed by atoms with van der Waals surface area (Å²) in [4.78, 5) is 38.1. The number of carbonyl (C=O) groups is 2. The average Bonchev–Trinajstić information content (AvgIpc) is 3.40. The van der Waals surface area contributed by atoms with Gasteiger partial charge in [-0.15, -0.1) is 5.10 Å². The number of halogens is 2. The Morgan fingerprint density at radius 3 is 2.71 bits per heavy atom. The molecule has 222 valence electrons. The SMILES string of the molecule is CC(=O)CCc1ccccc1OP(=O)(C[C@@H](C)C(C)=O)OC[C@H]1O[C@@H](c2ccc3c(=O)[nH]c(N)nn23)C(F)(Br)[C@H]1O. The van der Waals surface area contributed by atoms with Gasteiger partial charge in [0, 0.05) is 12.3 Å². The van der Waals surface area contributed by atoms with Gasteiger partial charge in [-0.25, -0.2) is 13.5 Å². The average molecular weight is 657 g/mol. The number of ketones is 2. The molecule has 4 N–H and O–H groups in total. The van der Waals surface area contributed by atoms with Gasteiger partial charge in [-0.05, 0) is 60.0 Å². The zero-order chi connectivity index (χ0) is 30.1. The predicted molar refractivity (Wildman–Crippen MR) is 151 cm³/mol. The third-order valence-electron chi connectivity index (χ3n) is 6.83. The van der Waals surface area contributed by atoms with Gasteiger partial charge in [-0.3, -0.25) is 19.1 Å². The van der Waals surface area contributed by atoms with Crippen molar-refractivity contribution in [3.8, 4) is 5.75 Å². The van der Waals surface area contributed by atoms with Crippen molar-refractivity contribution in [2.75, 3.05) is 18.5 Å². The molecule has 0 amide bonds. The largest absolute Gasteiger partial charge is 0.424 e. The second-order valence-electron chi connectivity index (χ2n) is 10.1. The van der Waals surface area contributed by atoms with E-state index in [1.54, 1.807) is 31.2 Å². The summed E-state index contributed by atoms with van der Waals surface area (Å²) in [5.41, 5.74) is 5.88. The number of para-hydroxylation sites is 1. The molecule has 2 aromatic heterocycles. The smallest absolute Gasteiger partial charge is 0.380 e. The number of aromatic nitrogens is 3. The summed E-state index contributed by atoms with van der Waals surface area (Å²) in [6.45, 7) is 3.82. The standard InChI is InChI=1S/C26H31BrFN4O8P/c1-14(16(3)34)13-41(37,40-20-7-5-4-6-17(20)9-8-15(2)33)38-12-21-22(35)26(27,28)23(39-21)18-10-11-19-24(36)30-25(29)31-32(18)19/h4-7,10-11,14,21-23,35H,8-9,12-13H2,1-3H3,(H3,29,30,31,36)/t14-,21-,22+,23+,26?,41?/m1/s1. The topological polar surface area (TPSA) is 175 Å². The molecule has 1 aliphatic rings. The number of hydrogen-bond donors (Lipinski definition) is 3. The molecule has 1 saturated heterocycles. The quantitative estimate of drug-likeness (QED) is 0.193. The van der Waals surface area contributed by atoms with Crippen molar-refractivity contribution in [2.45, 2.75) is 56.5 Å². The molecule has 6 atom stereocenters. The van der Waals surface area contributed by atoms with Crippen molar-refractivity contribution < 1.29 is 37.4 Å². The van der Waals surface area contributed by atoms with Crippen LogP contribution < -0.4 is 15.8 Å². The Kier molecular flexibility index (Phi) is 9.19. The molecule has 1 aromatic carbocycles. The number of benzene rings is 1. The Hall–Kier alpha value is -2.90. The van der Waals surface area contributed by atoms with Gasteiger partial charge in [0.1, 0.15) is 41.1 Å². The zero-order valence-electron chi connectivity index (χ0n) is 22.6. The Morgan fingerprint density at radius 2 is 2.02 bits per heavy atom. The molecule has 4 rings (SSSR count). The van der Waals surface area contributed by atoms with E-state index in [9.17, 15) is 24.1 Å².